The van der Waals surface area contributed by atoms with E-state index in [1.165, 1.54) is 6.07 Å². The van der Waals surface area contributed by atoms with Crippen LogP contribution in [0.2, 0.25) is 0 Å². The summed E-state index contributed by atoms with van der Waals surface area (Å²) in [7, 11) is -3.64. The van der Waals surface area contributed by atoms with Crippen LogP contribution in [0.25, 0.3) is 0 Å². The molecule has 1 amide bonds. The molecule has 1 aliphatic heterocycles. The average Bonchev–Trinajstić information content (AvgIpc) is 2.81. The van der Waals surface area contributed by atoms with Crippen molar-refractivity contribution < 1.29 is 13.2 Å². The molecule has 1 atom stereocenters. The Morgan fingerprint density at radius 1 is 1.09 bits per heavy atom. The lowest BCUT2D eigenvalue weighted by Crippen LogP contribution is -2.51. The third-order valence-electron chi connectivity index (χ3n) is 6.67. The standard InChI is InChI=1S/C24H32N4O3S/c1-17-7-12-21(15-22(17)25)32(30,31)27-20-10-8-19(9-11-20)24(29)28-14-13-26-16-23(28)18-5-3-2-4-6-18/h2-7,12,15,19-20,23,26-27H,8-11,13-14,16,25H2,1H3/t19-,20-,23-/m1/s1. The topological polar surface area (TPSA) is 105 Å². The van der Waals surface area contributed by atoms with Crippen LogP contribution in [0.5, 0.6) is 0 Å². The van der Waals surface area contributed by atoms with Gasteiger partial charge < -0.3 is 16.0 Å². The van der Waals surface area contributed by atoms with E-state index >= 15 is 0 Å². The summed E-state index contributed by atoms with van der Waals surface area (Å²) in [6.07, 6.45) is 2.68. The van der Waals surface area contributed by atoms with E-state index in [4.69, 9.17) is 5.73 Å². The number of rotatable bonds is 5. The minimum Gasteiger partial charge on any atom is -0.398 e. The number of nitrogens with zero attached hydrogens (tertiary/aromatic N) is 1. The van der Waals surface area contributed by atoms with Crippen molar-refractivity contribution in [3.63, 3.8) is 0 Å². The summed E-state index contributed by atoms with van der Waals surface area (Å²) in [5.74, 6) is 0.128. The molecule has 172 valence electrons. The van der Waals surface area contributed by atoms with Gasteiger partial charge in [-0.25, -0.2) is 13.1 Å². The largest absolute Gasteiger partial charge is 0.398 e. The van der Waals surface area contributed by atoms with Crippen LogP contribution in [0, 0.1) is 12.8 Å². The molecule has 4 N–H and O–H groups in total. The molecule has 2 fully saturated rings. The summed E-state index contributed by atoms with van der Waals surface area (Å²) in [6.45, 7) is 4.09. The maximum absolute atomic E-state index is 13.4. The fraction of sp³-hybridized carbons (Fsp3) is 0.458. The number of piperazine rings is 1. The Balaban J connectivity index is 1.37. The number of anilines is 1. The zero-order chi connectivity index (χ0) is 22.7. The van der Waals surface area contributed by atoms with Gasteiger partial charge in [-0.05, 0) is 55.9 Å². The number of hydrogen-bond donors (Lipinski definition) is 3. The number of nitrogen functional groups attached to an aromatic ring is 1. The predicted octanol–water partition coefficient (Wildman–Crippen LogP) is 2.59. The van der Waals surface area contributed by atoms with Crippen LogP contribution < -0.4 is 15.8 Å². The van der Waals surface area contributed by atoms with Gasteiger partial charge in [-0.1, -0.05) is 36.4 Å². The van der Waals surface area contributed by atoms with Crippen LogP contribution in [0.15, 0.2) is 53.4 Å². The van der Waals surface area contributed by atoms with E-state index in [2.05, 4.69) is 22.2 Å². The van der Waals surface area contributed by atoms with E-state index in [1.807, 2.05) is 30.0 Å². The van der Waals surface area contributed by atoms with Gasteiger partial charge in [-0.3, -0.25) is 4.79 Å². The van der Waals surface area contributed by atoms with E-state index in [-0.39, 0.29) is 28.8 Å². The average molecular weight is 457 g/mol. The van der Waals surface area contributed by atoms with Gasteiger partial charge in [0.25, 0.3) is 0 Å². The molecule has 0 unspecified atom stereocenters. The summed E-state index contributed by atoms with van der Waals surface area (Å²) in [5, 5.41) is 3.40. The van der Waals surface area contributed by atoms with Crippen molar-refractivity contribution in [3.05, 3.63) is 59.7 Å². The Morgan fingerprint density at radius 3 is 2.50 bits per heavy atom. The van der Waals surface area contributed by atoms with E-state index in [9.17, 15) is 13.2 Å². The van der Waals surface area contributed by atoms with Gasteiger partial charge >= 0.3 is 0 Å². The Labute approximate surface area is 190 Å². The molecule has 1 heterocycles. The zero-order valence-corrected chi connectivity index (χ0v) is 19.3. The van der Waals surface area contributed by atoms with E-state index in [0.717, 1.165) is 24.2 Å². The minimum absolute atomic E-state index is 0.0423. The first-order chi connectivity index (χ1) is 15.3. The zero-order valence-electron chi connectivity index (χ0n) is 18.5. The Morgan fingerprint density at radius 2 is 1.81 bits per heavy atom. The van der Waals surface area contributed by atoms with Crippen molar-refractivity contribution in [2.75, 3.05) is 25.4 Å². The number of nitrogens with two attached hydrogens (primary N) is 1. The number of hydrogen-bond acceptors (Lipinski definition) is 5. The Bertz CT molecular complexity index is 1050. The third kappa shape index (κ3) is 4.98. The highest BCUT2D eigenvalue weighted by molar-refractivity contribution is 7.89. The molecule has 0 bridgehead atoms. The highest BCUT2D eigenvalue weighted by atomic mass is 32.2. The molecule has 32 heavy (non-hydrogen) atoms. The fourth-order valence-corrected chi connectivity index (χ4v) is 6.05. The Hall–Kier alpha value is -2.42. The van der Waals surface area contributed by atoms with Gasteiger partial charge in [0, 0.05) is 37.3 Å². The molecular weight excluding hydrogens is 424 g/mol. The van der Waals surface area contributed by atoms with E-state index in [0.29, 0.717) is 37.9 Å². The first-order valence-electron chi connectivity index (χ1n) is 11.3. The Kier molecular flexibility index (Phi) is 6.83. The number of amides is 1. The number of aryl methyl sites for hydroxylation is 1. The molecule has 1 aliphatic carbocycles. The normalized spacial score (nSPS) is 24.3. The maximum Gasteiger partial charge on any atom is 0.240 e. The van der Waals surface area contributed by atoms with Crippen LogP contribution in [-0.2, 0) is 14.8 Å². The molecule has 4 rings (SSSR count). The van der Waals surface area contributed by atoms with Crippen molar-refractivity contribution in [3.8, 4) is 0 Å². The van der Waals surface area contributed by atoms with Crippen LogP contribution in [0.4, 0.5) is 5.69 Å². The summed E-state index contributed by atoms with van der Waals surface area (Å²) >= 11 is 0. The van der Waals surface area contributed by atoms with E-state index < -0.39 is 10.0 Å². The third-order valence-corrected chi connectivity index (χ3v) is 8.19. The van der Waals surface area contributed by atoms with Crippen molar-refractivity contribution in [2.45, 2.75) is 49.6 Å². The van der Waals surface area contributed by atoms with Crippen molar-refractivity contribution in [1.82, 2.24) is 14.9 Å². The second kappa shape index (κ2) is 9.60. The monoisotopic (exact) mass is 456 g/mol. The van der Waals surface area contributed by atoms with E-state index in [1.54, 1.807) is 12.1 Å². The number of carbonyl (C=O) groups excluding carboxylic acids is 1. The SMILES string of the molecule is Cc1ccc(S(=O)(=O)N[C@H]2CC[C@H](C(=O)N3CCNC[C@@H]3c3ccccc3)CC2)cc1N. The molecule has 2 aromatic rings. The number of carbonyl (C=O) groups is 1. The smallest absolute Gasteiger partial charge is 0.240 e. The van der Waals surface area contributed by atoms with Crippen LogP contribution in [-0.4, -0.2) is 44.9 Å². The lowest BCUT2D eigenvalue weighted by Gasteiger charge is -2.40. The second-order valence-corrected chi connectivity index (χ2v) is 10.6. The molecule has 1 saturated heterocycles. The highest BCUT2D eigenvalue weighted by Gasteiger charge is 2.35. The number of sulfonamides is 1. The molecule has 8 heteroatoms. The molecular formula is C24H32N4O3S. The van der Waals surface area contributed by atoms with Gasteiger partial charge in [0.05, 0.1) is 10.9 Å². The van der Waals surface area contributed by atoms with Crippen molar-refractivity contribution >= 4 is 21.6 Å². The van der Waals surface area contributed by atoms with Gasteiger partial charge in [0.15, 0.2) is 0 Å². The number of nitrogens with one attached hydrogen (secondary N) is 2. The van der Waals surface area contributed by atoms with Crippen molar-refractivity contribution in [1.29, 1.82) is 0 Å². The van der Waals surface area contributed by atoms with Crippen LogP contribution in [0.1, 0.15) is 42.9 Å². The van der Waals surface area contributed by atoms with Gasteiger partial charge in [0.2, 0.25) is 15.9 Å². The van der Waals surface area contributed by atoms with Gasteiger partial charge in [0.1, 0.15) is 0 Å². The van der Waals surface area contributed by atoms with Gasteiger partial charge in [-0.15, -0.1) is 0 Å². The highest BCUT2D eigenvalue weighted by Crippen LogP contribution is 2.31. The summed E-state index contributed by atoms with van der Waals surface area (Å²) in [6, 6.07) is 14.8. The molecule has 2 aliphatic rings. The van der Waals surface area contributed by atoms with Crippen LogP contribution >= 0.6 is 0 Å². The quantitative estimate of drug-likeness (QED) is 0.600. The molecule has 1 saturated carbocycles. The molecule has 0 radical (unpaired) electrons. The maximum atomic E-state index is 13.4. The van der Waals surface area contributed by atoms with Gasteiger partial charge in [-0.2, -0.15) is 0 Å². The molecule has 7 nitrogen and oxygen atoms in total. The summed E-state index contributed by atoms with van der Waals surface area (Å²) in [5.41, 5.74) is 8.35. The minimum atomic E-state index is -3.64. The molecule has 0 aromatic heterocycles. The first kappa shape index (κ1) is 22.8. The van der Waals surface area contributed by atoms with Crippen molar-refractivity contribution in [2.24, 2.45) is 5.92 Å². The number of benzene rings is 2. The predicted molar refractivity (Wildman–Crippen MR) is 125 cm³/mol. The fourth-order valence-electron chi connectivity index (χ4n) is 4.71. The first-order valence-corrected chi connectivity index (χ1v) is 12.8. The molecule has 0 spiro atoms. The summed E-state index contributed by atoms with van der Waals surface area (Å²) < 4.78 is 28.4. The molecule has 2 aromatic carbocycles. The summed E-state index contributed by atoms with van der Waals surface area (Å²) in [4.78, 5) is 15.6. The second-order valence-electron chi connectivity index (χ2n) is 8.85. The van der Waals surface area contributed by atoms with Crippen LogP contribution in [0.3, 0.4) is 0 Å². The lowest BCUT2D eigenvalue weighted by atomic mass is 9.85. The lowest BCUT2D eigenvalue weighted by molar-refractivity contribution is -0.140.